The minimum absolute atomic E-state index is 0.0152. The third kappa shape index (κ3) is 50.8. The van der Waals surface area contributed by atoms with Crippen LogP contribution < -0.4 is 0 Å². The van der Waals surface area contributed by atoms with E-state index in [1.54, 1.807) is 0 Å². The van der Waals surface area contributed by atoms with Crippen LogP contribution in [-0.4, -0.2) is 205 Å². The lowest BCUT2D eigenvalue weighted by Gasteiger charge is -2.50. The summed E-state index contributed by atoms with van der Waals surface area (Å²) in [5, 5.41) is 102. The van der Waals surface area contributed by atoms with Gasteiger partial charge in [-0.3, -0.25) is 28.2 Å². The van der Waals surface area contributed by atoms with Crippen molar-refractivity contribution < 1.29 is 122 Å². The van der Waals surface area contributed by atoms with Crippen molar-refractivity contribution in [3.63, 3.8) is 0 Å². The average Bonchev–Trinajstić information content (AvgIpc) is 0.755. The lowest BCUT2D eigenvalue weighted by Crippen LogP contribution is -2.70. The van der Waals surface area contributed by atoms with Crippen LogP contribution in [0.5, 0.6) is 0 Å². The molecule has 0 aromatic carbocycles. The Kier molecular flexibility index (Phi) is 65.8. The molecule has 25 nitrogen and oxygen atoms in total. The molecule has 1 saturated carbocycles. The second kappa shape index (κ2) is 71.1. The molecule has 26 heteroatoms. The number of hydrogen-bond acceptors (Lipinski definition) is 24. The van der Waals surface area contributed by atoms with Crippen molar-refractivity contribution in [2.45, 2.75) is 511 Å². The van der Waals surface area contributed by atoms with Crippen LogP contribution in [0.4, 0.5) is 0 Å². The zero-order valence-electron chi connectivity index (χ0n) is 73.7. The molecule has 118 heavy (non-hydrogen) atoms. The molecule has 18 atom stereocenters. The van der Waals surface area contributed by atoms with Crippen LogP contribution in [0, 0.1) is 0 Å². The number of unbranched alkanes of at least 4 members (excludes halogenated alkanes) is 49. The number of carbonyl (C=O) groups excluding carboxylic acids is 4. The molecule has 3 fully saturated rings. The normalized spacial score (nSPS) is 25.0. The molecule has 2 saturated heterocycles. The predicted octanol–water partition coefficient (Wildman–Crippen LogP) is 17.7. The van der Waals surface area contributed by atoms with E-state index < -0.39 is 162 Å². The summed E-state index contributed by atoms with van der Waals surface area (Å²) < 4.78 is 73.4. The molecule has 0 spiro atoms. The molecule has 10 N–H and O–H groups in total. The highest BCUT2D eigenvalue weighted by Gasteiger charge is 2.60. The molecule has 692 valence electrons. The van der Waals surface area contributed by atoms with Gasteiger partial charge in [0.1, 0.15) is 92.6 Å². The monoisotopic (exact) mass is 1710 g/mol. The first kappa shape index (κ1) is 109. The molecule has 1 aliphatic carbocycles. The van der Waals surface area contributed by atoms with Gasteiger partial charge in [-0.05, 0) is 77.0 Å². The molecule has 3 aliphatic rings. The summed E-state index contributed by atoms with van der Waals surface area (Å²) in [6.45, 7) is 5.58. The summed E-state index contributed by atoms with van der Waals surface area (Å²) in [6.07, 6.45) is 31.6. The molecular formula is C92H169O25P. The van der Waals surface area contributed by atoms with Crippen LogP contribution in [0.3, 0.4) is 0 Å². The zero-order valence-corrected chi connectivity index (χ0v) is 74.6. The number of rotatable bonds is 77. The largest absolute Gasteiger partial charge is 0.472 e. The molecule has 3 rings (SSSR count). The minimum atomic E-state index is -5.81. The number of phosphoric ester groups is 1. The highest BCUT2D eigenvalue weighted by Crippen LogP contribution is 2.49. The quantitative estimate of drug-likeness (QED) is 0.00889. The second-order valence-electron chi connectivity index (χ2n) is 33.9. The van der Waals surface area contributed by atoms with Gasteiger partial charge >= 0.3 is 31.7 Å². The van der Waals surface area contributed by atoms with Gasteiger partial charge in [-0.15, -0.1) is 0 Å². The highest BCUT2D eigenvalue weighted by molar-refractivity contribution is 7.47. The molecule has 0 aromatic heterocycles. The fraction of sp³-hybridized carbons (Fsp3) is 0.913. The third-order valence-corrected chi connectivity index (χ3v) is 24.2. The number of aliphatic hydroxyl groups excluding tert-OH is 9. The third-order valence-electron chi connectivity index (χ3n) is 23.2. The Hall–Kier alpha value is -3.05. The van der Waals surface area contributed by atoms with Gasteiger partial charge < -0.3 is 88.7 Å². The Morgan fingerprint density at radius 2 is 0.636 bits per heavy atom. The van der Waals surface area contributed by atoms with Gasteiger partial charge in [0, 0.05) is 25.7 Å². The Labute approximate surface area is 711 Å². The number of phosphoric acid groups is 1. The number of esters is 4. The zero-order chi connectivity index (χ0) is 86.1. The van der Waals surface area contributed by atoms with Crippen LogP contribution in [0.1, 0.15) is 407 Å². The fourth-order valence-corrected chi connectivity index (χ4v) is 16.6. The topological polar surface area (TPSA) is 380 Å². The second-order valence-corrected chi connectivity index (χ2v) is 35.3. The van der Waals surface area contributed by atoms with Crippen molar-refractivity contribution in [3.05, 3.63) is 24.3 Å². The lowest BCUT2D eigenvalue weighted by molar-refractivity contribution is -0.360. The van der Waals surface area contributed by atoms with Gasteiger partial charge in [-0.1, -0.05) is 328 Å². The minimum Gasteiger partial charge on any atom is -0.463 e. The van der Waals surface area contributed by atoms with Gasteiger partial charge in [0.15, 0.2) is 24.8 Å². The molecule has 2 aliphatic heterocycles. The molecule has 0 radical (unpaired) electrons. The number of carbonyl (C=O) groups is 4. The molecular weight excluding hydrogens is 1540 g/mol. The van der Waals surface area contributed by atoms with Gasteiger partial charge in [-0.25, -0.2) is 4.57 Å². The van der Waals surface area contributed by atoms with E-state index in [1.165, 1.54) is 180 Å². The standard InChI is InChI=1S/C92H169O25P/c1-5-9-13-17-21-25-29-33-36-39-43-46-50-54-58-62-66-77(96)111-72(69-108-75(94)64-60-56-52-48-44-40-32-28-24-20-16-12-8-4)70-110-118(106,107)117-90-88(115-91-85(104)81(100)79(98)73(68-93)112-91)84(103)83(102)87(114-78(97)67-63-59-55-51-47-42-38-35-31-27-23-19-15-11-7-3)89(90)116-92-86(105)82(101)80(99)74(113-92)71-109-76(95)65-61-57-53-49-45-41-37-34-30-26-22-18-14-10-6-2/h27,31,40,44,72-74,79-93,98-105H,5-26,28-30,32-39,41-43,45-71H2,1-4H3,(H,106,107)/b31-27-,44-40-. The molecule has 18 unspecified atom stereocenters. The van der Waals surface area contributed by atoms with Crippen LogP contribution >= 0.6 is 7.82 Å². The van der Waals surface area contributed by atoms with Crippen LogP contribution in [-0.2, 0) is 70.7 Å². The highest BCUT2D eigenvalue weighted by atomic mass is 31.2. The number of aliphatic hydroxyl groups is 9. The number of ether oxygens (including phenoxy) is 8. The maximum absolute atomic E-state index is 14.9. The first-order chi connectivity index (χ1) is 57.2. The maximum Gasteiger partial charge on any atom is 0.472 e. The van der Waals surface area contributed by atoms with Crippen molar-refractivity contribution >= 4 is 31.7 Å². The molecule has 0 aromatic rings. The van der Waals surface area contributed by atoms with E-state index in [-0.39, 0.29) is 25.7 Å². The maximum atomic E-state index is 14.9. The first-order valence-electron chi connectivity index (χ1n) is 47.6. The first-order valence-corrected chi connectivity index (χ1v) is 49.1. The fourth-order valence-electron chi connectivity index (χ4n) is 15.6. The average molecular weight is 1710 g/mol. The lowest BCUT2D eigenvalue weighted by atomic mass is 9.84. The summed E-state index contributed by atoms with van der Waals surface area (Å²) in [5.74, 6) is -2.98. The van der Waals surface area contributed by atoms with E-state index in [1.807, 2.05) is 0 Å². The Morgan fingerprint density at radius 1 is 0.331 bits per heavy atom. The van der Waals surface area contributed by atoms with Crippen molar-refractivity contribution in [1.29, 1.82) is 0 Å². The Morgan fingerprint density at radius 3 is 1.03 bits per heavy atom. The van der Waals surface area contributed by atoms with Crippen molar-refractivity contribution in [2.24, 2.45) is 0 Å². The van der Waals surface area contributed by atoms with Gasteiger partial charge in [0.2, 0.25) is 0 Å². The van der Waals surface area contributed by atoms with Crippen molar-refractivity contribution in [1.82, 2.24) is 0 Å². The van der Waals surface area contributed by atoms with Crippen LogP contribution in [0.25, 0.3) is 0 Å². The van der Waals surface area contributed by atoms with Gasteiger partial charge in [-0.2, -0.15) is 0 Å². The van der Waals surface area contributed by atoms with Crippen LogP contribution in [0.15, 0.2) is 24.3 Å². The summed E-state index contributed by atoms with van der Waals surface area (Å²) in [4.78, 5) is 66.5. The van der Waals surface area contributed by atoms with E-state index in [4.69, 9.17) is 46.9 Å². The molecule has 0 bridgehead atoms. The summed E-state index contributed by atoms with van der Waals surface area (Å²) >= 11 is 0. The SMILES string of the molecule is CCCCCC/C=C\CCCCCCCCCC(=O)OC1C(O)C(O)C(OC2OC(CO)C(O)C(O)C2O)C(OP(=O)(O)OCC(COC(=O)CCCCC/C=C\CCCCCCCC)OC(=O)CCCCCCCCCCCCCCCCCC)C1OC1OC(COC(=O)CCCCCCCCCCCCCCCCC)C(O)C(O)C1O. The smallest absolute Gasteiger partial charge is 0.463 e. The van der Waals surface area contributed by atoms with Gasteiger partial charge in [0.25, 0.3) is 0 Å². The van der Waals surface area contributed by atoms with Gasteiger partial charge in [0.05, 0.1) is 13.2 Å². The van der Waals surface area contributed by atoms with E-state index in [0.717, 1.165) is 141 Å². The van der Waals surface area contributed by atoms with Crippen molar-refractivity contribution in [3.8, 4) is 0 Å². The van der Waals surface area contributed by atoms with E-state index in [0.29, 0.717) is 32.1 Å². The predicted molar refractivity (Wildman–Crippen MR) is 458 cm³/mol. The Balaban J connectivity index is 1.91. The Bertz CT molecular complexity index is 2550. The van der Waals surface area contributed by atoms with Crippen LogP contribution in [0.2, 0.25) is 0 Å². The van der Waals surface area contributed by atoms with Crippen molar-refractivity contribution in [2.75, 3.05) is 26.4 Å². The number of allylic oxidation sites excluding steroid dienone is 4. The number of hydrogen-bond donors (Lipinski definition) is 10. The molecule has 2 heterocycles. The van der Waals surface area contributed by atoms with E-state index >= 15 is 0 Å². The van der Waals surface area contributed by atoms with E-state index in [9.17, 15) is 74.6 Å². The molecule has 0 amide bonds. The summed E-state index contributed by atoms with van der Waals surface area (Å²) in [7, 11) is -5.81. The van der Waals surface area contributed by atoms with E-state index in [2.05, 4.69) is 52.0 Å². The summed E-state index contributed by atoms with van der Waals surface area (Å²) in [6, 6.07) is 0. The summed E-state index contributed by atoms with van der Waals surface area (Å²) in [5.41, 5.74) is 0.